The Morgan fingerprint density at radius 1 is 0.905 bits per heavy atom. The molecule has 5 heteroatoms. The zero-order valence-corrected chi connectivity index (χ0v) is 12.2. The zero-order chi connectivity index (χ0) is 15.1. The molecule has 2 heterocycles. The van der Waals surface area contributed by atoms with Gasteiger partial charge in [-0.15, -0.1) is 0 Å². The number of hydrogen-bond acceptors (Lipinski definition) is 3. The predicted octanol–water partition coefficient (Wildman–Crippen LogP) is 1.21. The van der Waals surface area contributed by atoms with Crippen molar-refractivity contribution in [1.29, 1.82) is 0 Å². The average molecular weight is 286 g/mol. The van der Waals surface area contributed by atoms with Gasteiger partial charge in [0.1, 0.15) is 5.92 Å². The third-order valence-electron chi connectivity index (χ3n) is 4.47. The predicted molar refractivity (Wildman–Crippen MR) is 75.9 cm³/mol. The second-order valence-corrected chi connectivity index (χ2v) is 5.40. The second-order valence-electron chi connectivity index (χ2n) is 5.40. The Morgan fingerprint density at radius 3 is 2.14 bits per heavy atom. The van der Waals surface area contributed by atoms with Crippen molar-refractivity contribution in [1.82, 2.24) is 9.80 Å². The molecule has 2 fully saturated rings. The van der Waals surface area contributed by atoms with Crippen LogP contribution in [0.25, 0.3) is 0 Å². The second kappa shape index (κ2) is 4.98. The lowest BCUT2D eigenvalue weighted by Gasteiger charge is -2.27. The maximum atomic E-state index is 12.5. The van der Waals surface area contributed by atoms with E-state index >= 15 is 0 Å². The molecule has 21 heavy (non-hydrogen) atoms. The lowest BCUT2D eigenvalue weighted by molar-refractivity contribution is -0.144. The van der Waals surface area contributed by atoms with Gasteiger partial charge in [0.25, 0.3) is 0 Å². The number of nitrogens with zero attached hydrogens (tertiary/aromatic N) is 2. The Hall–Kier alpha value is -2.17. The van der Waals surface area contributed by atoms with Crippen LogP contribution < -0.4 is 0 Å². The molecule has 0 aliphatic carbocycles. The van der Waals surface area contributed by atoms with Gasteiger partial charge in [-0.25, -0.2) is 0 Å². The van der Waals surface area contributed by atoms with E-state index in [2.05, 4.69) is 0 Å². The van der Waals surface area contributed by atoms with Crippen molar-refractivity contribution in [3.05, 3.63) is 35.9 Å². The van der Waals surface area contributed by atoms with E-state index in [0.29, 0.717) is 13.1 Å². The lowest BCUT2D eigenvalue weighted by atomic mass is 9.88. The molecule has 5 nitrogen and oxygen atoms in total. The van der Waals surface area contributed by atoms with Crippen molar-refractivity contribution in [2.45, 2.75) is 19.9 Å². The Labute approximate surface area is 123 Å². The molecule has 1 aromatic rings. The molecule has 2 aliphatic heterocycles. The fraction of sp³-hybridized carbons (Fsp3) is 0.438. The van der Waals surface area contributed by atoms with Crippen LogP contribution in [0.1, 0.15) is 25.5 Å². The number of rotatable bonds is 3. The highest BCUT2D eigenvalue weighted by Gasteiger charge is 2.61. The summed E-state index contributed by atoms with van der Waals surface area (Å²) in [7, 11) is 0. The number of fused-ring (bicyclic) bond motifs is 1. The molecule has 0 unspecified atom stereocenters. The van der Waals surface area contributed by atoms with Gasteiger partial charge in [-0.1, -0.05) is 30.3 Å². The minimum absolute atomic E-state index is 0.217. The van der Waals surface area contributed by atoms with Crippen LogP contribution in [0.3, 0.4) is 0 Å². The van der Waals surface area contributed by atoms with Crippen LogP contribution in [0.15, 0.2) is 30.3 Å². The molecule has 3 atom stereocenters. The Kier molecular flexibility index (Phi) is 3.27. The Balaban J connectivity index is 2.08. The molecule has 0 spiro atoms. The van der Waals surface area contributed by atoms with E-state index in [1.54, 1.807) is 11.8 Å². The summed E-state index contributed by atoms with van der Waals surface area (Å²) in [5, 5.41) is 0. The number of amides is 3. The molecule has 3 rings (SSSR count). The van der Waals surface area contributed by atoms with Crippen molar-refractivity contribution in [3.8, 4) is 0 Å². The van der Waals surface area contributed by atoms with E-state index in [1.165, 1.54) is 4.90 Å². The maximum absolute atomic E-state index is 12.5. The quantitative estimate of drug-likeness (QED) is 0.620. The van der Waals surface area contributed by atoms with Crippen molar-refractivity contribution in [2.75, 3.05) is 13.1 Å². The number of hydrogen-bond donors (Lipinski definition) is 0. The molecule has 0 saturated carbocycles. The van der Waals surface area contributed by atoms with E-state index in [4.69, 9.17) is 0 Å². The van der Waals surface area contributed by atoms with E-state index in [9.17, 15) is 14.4 Å². The normalized spacial score (nSPS) is 28.5. The minimum Gasteiger partial charge on any atom is -0.334 e. The van der Waals surface area contributed by atoms with Crippen molar-refractivity contribution >= 4 is 17.7 Å². The molecule has 0 aromatic heterocycles. The first-order chi connectivity index (χ1) is 10.1. The van der Waals surface area contributed by atoms with Crippen LogP contribution in [-0.2, 0) is 14.4 Å². The number of carbonyl (C=O) groups is 3. The van der Waals surface area contributed by atoms with Gasteiger partial charge in [-0.05, 0) is 19.4 Å². The number of carbonyl (C=O) groups excluding carboxylic acids is 3. The summed E-state index contributed by atoms with van der Waals surface area (Å²) < 4.78 is 0. The highest BCUT2D eigenvalue weighted by atomic mass is 16.2. The molecular weight excluding hydrogens is 268 g/mol. The van der Waals surface area contributed by atoms with Crippen LogP contribution >= 0.6 is 0 Å². The molecule has 2 saturated heterocycles. The minimum atomic E-state index is -0.831. The van der Waals surface area contributed by atoms with E-state index in [1.807, 2.05) is 37.3 Å². The summed E-state index contributed by atoms with van der Waals surface area (Å²) in [5.41, 5.74) is 0.916. The Morgan fingerprint density at radius 2 is 1.57 bits per heavy atom. The topological polar surface area (TPSA) is 57.7 Å². The first-order valence-electron chi connectivity index (χ1n) is 7.32. The zero-order valence-electron chi connectivity index (χ0n) is 12.2. The average Bonchev–Trinajstić information content (AvgIpc) is 2.93. The molecule has 3 amide bonds. The molecule has 2 aliphatic rings. The fourth-order valence-electron chi connectivity index (χ4n) is 3.54. The summed E-state index contributed by atoms with van der Waals surface area (Å²) in [6.07, 6.45) is 0. The molecule has 0 N–H and O–H groups in total. The molecule has 1 aromatic carbocycles. The summed E-state index contributed by atoms with van der Waals surface area (Å²) in [6.45, 7) is 4.46. The van der Waals surface area contributed by atoms with Crippen molar-refractivity contribution < 1.29 is 14.4 Å². The van der Waals surface area contributed by atoms with Crippen LogP contribution in [0, 0.1) is 11.8 Å². The Bertz CT molecular complexity index is 597. The van der Waals surface area contributed by atoms with Gasteiger partial charge in [0.2, 0.25) is 17.7 Å². The van der Waals surface area contributed by atoms with Gasteiger partial charge in [0, 0.05) is 13.1 Å². The molecule has 0 bridgehead atoms. The van der Waals surface area contributed by atoms with E-state index < -0.39 is 11.8 Å². The monoisotopic (exact) mass is 286 g/mol. The summed E-state index contributed by atoms with van der Waals surface area (Å²) in [4.78, 5) is 40.3. The van der Waals surface area contributed by atoms with Crippen LogP contribution in [0.2, 0.25) is 0 Å². The van der Waals surface area contributed by atoms with Gasteiger partial charge in [-0.2, -0.15) is 0 Å². The third-order valence-corrected chi connectivity index (χ3v) is 4.47. The maximum Gasteiger partial charge on any atom is 0.242 e. The van der Waals surface area contributed by atoms with Crippen LogP contribution in [0.4, 0.5) is 0 Å². The summed E-state index contributed by atoms with van der Waals surface area (Å²) in [5.74, 6) is -2.18. The number of likely N-dealkylation sites (tertiary alicyclic amines) is 2. The van der Waals surface area contributed by atoms with Gasteiger partial charge in [0.05, 0.1) is 12.0 Å². The van der Waals surface area contributed by atoms with Gasteiger partial charge < -0.3 is 4.90 Å². The summed E-state index contributed by atoms with van der Waals surface area (Å²) in [6, 6.07) is 9.17. The molecule has 110 valence electrons. The standard InChI is InChI=1S/C16H18N2O3/c1-3-17-13(10-8-6-5-7-9-10)11-12(15(17)20)16(21)18(4-2)14(11)19/h5-9,11-13H,3-4H2,1-2H3/t11-,12+,13-/m1/s1. The highest BCUT2D eigenvalue weighted by Crippen LogP contribution is 2.46. The van der Waals surface area contributed by atoms with Crippen molar-refractivity contribution in [3.63, 3.8) is 0 Å². The van der Waals surface area contributed by atoms with Gasteiger partial charge >= 0.3 is 0 Å². The smallest absolute Gasteiger partial charge is 0.242 e. The van der Waals surface area contributed by atoms with Crippen molar-refractivity contribution in [2.24, 2.45) is 11.8 Å². The number of benzene rings is 1. The lowest BCUT2D eigenvalue weighted by Crippen LogP contribution is -2.39. The number of imide groups is 1. The third kappa shape index (κ3) is 1.80. The fourth-order valence-corrected chi connectivity index (χ4v) is 3.54. The van der Waals surface area contributed by atoms with Gasteiger partial charge in [-0.3, -0.25) is 19.3 Å². The largest absolute Gasteiger partial charge is 0.334 e. The molecule has 0 radical (unpaired) electrons. The van der Waals surface area contributed by atoms with Gasteiger partial charge in [0.15, 0.2) is 0 Å². The first kappa shape index (κ1) is 13.8. The van der Waals surface area contributed by atoms with E-state index in [0.717, 1.165) is 5.56 Å². The van der Waals surface area contributed by atoms with Crippen LogP contribution in [0.5, 0.6) is 0 Å². The molecular formula is C16H18N2O3. The summed E-state index contributed by atoms with van der Waals surface area (Å²) >= 11 is 0. The highest BCUT2D eigenvalue weighted by molar-refractivity contribution is 6.17. The van der Waals surface area contributed by atoms with E-state index in [-0.39, 0.29) is 23.8 Å². The first-order valence-corrected chi connectivity index (χ1v) is 7.32. The van der Waals surface area contributed by atoms with Crippen LogP contribution in [-0.4, -0.2) is 40.6 Å². The SMILES string of the molecule is CCN1C(=O)[C@@H]2C(=O)N(CC)[C@H](c3ccccc3)[C@@H]2C1=O.